The summed E-state index contributed by atoms with van der Waals surface area (Å²) < 4.78 is 14.5. The van der Waals surface area contributed by atoms with E-state index in [1.807, 2.05) is 0 Å². The van der Waals surface area contributed by atoms with Crippen LogP contribution in [0, 0.1) is 5.82 Å². The Bertz CT molecular complexity index is 723. The van der Waals surface area contributed by atoms with Crippen molar-refractivity contribution in [3.05, 3.63) is 40.0 Å². The normalized spacial score (nSPS) is 16.8. The minimum atomic E-state index is -0.223. The number of thiophene rings is 1. The fraction of sp³-hybridized carbons (Fsp3) is 0.267. The smallest absolute Gasteiger partial charge is 0.173 e. The number of fused-ring (bicyclic) bond motifs is 4. The summed E-state index contributed by atoms with van der Waals surface area (Å²) in [6.07, 6.45) is 2.59. The monoisotopic (exact) mass is 305 g/mol. The van der Waals surface area contributed by atoms with Crippen molar-refractivity contribution in [2.45, 2.75) is 34.9 Å². The van der Waals surface area contributed by atoms with Crippen LogP contribution >= 0.6 is 23.1 Å². The lowest BCUT2D eigenvalue weighted by molar-refractivity contribution is 0.0977. The minimum Gasteiger partial charge on any atom is -0.380 e. The molecule has 1 aromatic heterocycles. The van der Waals surface area contributed by atoms with Gasteiger partial charge in [0.2, 0.25) is 0 Å². The first kappa shape index (κ1) is 12.4. The van der Waals surface area contributed by atoms with Crippen molar-refractivity contribution in [2.24, 2.45) is 0 Å². The van der Waals surface area contributed by atoms with Crippen LogP contribution in [0.25, 0.3) is 0 Å². The minimum absolute atomic E-state index is 0.223. The maximum absolute atomic E-state index is 13.4. The lowest BCUT2D eigenvalue weighted by Gasteiger charge is -2.12. The first-order valence-electron chi connectivity index (χ1n) is 6.61. The van der Waals surface area contributed by atoms with Crippen molar-refractivity contribution in [1.82, 2.24) is 0 Å². The summed E-state index contributed by atoms with van der Waals surface area (Å²) in [5, 5.41) is 3.37. The van der Waals surface area contributed by atoms with Gasteiger partial charge >= 0.3 is 0 Å². The fourth-order valence-electron chi connectivity index (χ4n) is 2.78. The highest BCUT2D eigenvalue weighted by Crippen LogP contribution is 2.46. The predicted molar refractivity (Wildman–Crippen MR) is 79.4 cm³/mol. The van der Waals surface area contributed by atoms with E-state index in [1.165, 1.54) is 17.2 Å². The predicted octanol–water partition coefficient (Wildman–Crippen LogP) is 4.48. The second-order valence-electron chi connectivity index (χ2n) is 5.05. The Kier molecular flexibility index (Phi) is 2.86. The van der Waals surface area contributed by atoms with Crippen LogP contribution in [0.4, 0.5) is 10.1 Å². The summed E-state index contributed by atoms with van der Waals surface area (Å²) in [5.41, 5.74) is 3.42. The van der Waals surface area contributed by atoms with Crippen LogP contribution in [0.2, 0.25) is 0 Å². The Balaban J connectivity index is 1.83. The summed E-state index contributed by atoms with van der Waals surface area (Å²) in [6.45, 7) is 0.722. The average Bonchev–Trinajstić information content (AvgIpc) is 2.68. The quantitative estimate of drug-likeness (QED) is 0.778. The van der Waals surface area contributed by atoms with Crippen LogP contribution in [0.5, 0.6) is 0 Å². The number of rotatable bonds is 0. The number of ketones is 1. The van der Waals surface area contributed by atoms with Crippen molar-refractivity contribution >= 4 is 34.6 Å². The van der Waals surface area contributed by atoms with Gasteiger partial charge in [0.15, 0.2) is 5.78 Å². The molecule has 102 valence electrons. The van der Waals surface area contributed by atoms with Gasteiger partial charge in [-0.2, -0.15) is 0 Å². The molecule has 0 unspecified atom stereocenters. The molecule has 1 aliphatic heterocycles. The molecule has 1 aliphatic carbocycles. The first-order chi connectivity index (χ1) is 9.72. The molecule has 2 nitrogen and oxygen atoms in total. The molecule has 2 aromatic rings. The molecule has 2 heterocycles. The Morgan fingerprint density at radius 2 is 2.10 bits per heavy atom. The van der Waals surface area contributed by atoms with Gasteiger partial charge in [-0.1, -0.05) is 11.8 Å². The second-order valence-corrected chi connectivity index (χ2v) is 7.38. The third-order valence-corrected chi connectivity index (χ3v) is 6.36. The van der Waals surface area contributed by atoms with E-state index in [0.29, 0.717) is 6.42 Å². The summed E-state index contributed by atoms with van der Waals surface area (Å²) in [5.74, 6) is 0.0447. The highest BCUT2D eigenvalue weighted by atomic mass is 32.2. The van der Waals surface area contributed by atoms with Gasteiger partial charge in [0.05, 0.1) is 9.09 Å². The standard InChI is InChI=1S/C15H12FNOS2/c16-8-4-5-11-13(6-8)19-15-10(7-17-11)9-2-1-3-12(18)14(9)20-15/h4-6,17H,1-3,7H2. The van der Waals surface area contributed by atoms with Gasteiger partial charge in [-0.15, -0.1) is 11.3 Å². The third-order valence-electron chi connectivity index (χ3n) is 3.77. The van der Waals surface area contributed by atoms with Crippen molar-refractivity contribution in [3.8, 4) is 0 Å². The van der Waals surface area contributed by atoms with Crippen molar-refractivity contribution < 1.29 is 9.18 Å². The number of anilines is 1. The molecular formula is C15H12FNOS2. The number of benzene rings is 1. The van der Waals surface area contributed by atoms with Gasteiger partial charge < -0.3 is 5.32 Å². The molecule has 0 amide bonds. The molecule has 0 fully saturated rings. The molecule has 4 rings (SSSR count). The number of halogens is 1. The summed E-state index contributed by atoms with van der Waals surface area (Å²) in [6, 6.07) is 4.82. The van der Waals surface area contributed by atoms with Crippen molar-refractivity contribution in [2.75, 3.05) is 5.32 Å². The Morgan fingerprint density at radius 3 is 3.00 bits per heavy atom. The van der Waals surface area contributed by atoms with E-state index in [1.54, 1.807) is 35.2 Å². The highest BCUT2D eigenvalue weighted by Gasteiger charge is 2.27. The number of Topliss-reactive ketones (excluding diaryl/α,β-unsaturated/α-hetero) is 1. The molecule has 5 heteroatoms. The van der Waals surface area contributed by atoms with Gasteiger partial charge in [-0.25, -0.2) is 4.39 Å². The Hall–Kier alpha value is -1.33. The van der Waals surface area contributed by atoms with E-state index in [4.69, 9.17) is 0 Å². The van der Waals surface area contributed by atoms with Crippen LogP contribution in [0.15, 0.2) is 27.3 Å². The maximum atomic E-state index is 13.4. The molecule has 0 spiro atoms. The van der Waals surface area contributed by atoms with Crippen LogP contribution < -0.4 is 5.32 Å². The summed E-state index contributed by atoms with van der Waals surface area (Å²) >= 11 is 3.16. The Labute approximate surface area is 124 Å². The zero-order valence-corrected chi connectivity index (χ0v) is 12.3. The molecule has 0 bridgehead atoms. The second kappa shape index (κ2) is 4.60. The topological polar surface area (TPSA) is 29.1 Å². The van der Waals surface area contributed by atoms with Crippen LogP contribution in [0.1, 0.15) is 33.6 Å². The van der Waals surface area contributed by atoms with Crippen LogP contribution in [-0.4, -0.2) is 5.78 Å². The van der Waals surface area contributed by atoms with E-state index >= 15 is 0 Å². The van der Waals surface area contributed by atoms with Gasteiger partial charge in [0.1, 0.15) is 5.82 Å². The molecule has 0 radical (unpaired) electrons. The van der Waals surface area contributed by atoms with E-state index in [2.05, 4.69) is 5.32 Å². The van der Waals surface area contributed by atoms with Gasteiger partial charge in [-0.05, 0) is 42.2 Å². The van der Waals surface area contributed by atoms with E-state index in [-0.39, 0.29) is 11.6 Å². The summed E-state index contributed by atoms with van der Waals surface area (Å²) in [4.78, 5) is 13.8. The molecule has 0 atom stereocenters. The number of nitrogens with one attached hydrogen (secondary N) is 1. The maximum Gasteiger partial charge on any atom is 0.173 e. The lowest BCUT2D eigenvalue weighted by atomic mass is 9.95. The number of hydrogen-bond donors (Lipinski definition) is 1. The largest absolute Gasteiger partial charge is 0.380 e. The SMILES string of the molecule is O=C1CCCc2c1sc1c2CNc2ccc(F)cc2S1. The zero-order chi connectivity index (χ0) is 13.7. The number of hydrogen-bond acceptors (Lipinski definition) is 4. The van der Waals surface area contributed by atoms with E-state index in [0.717, 1.165) is 39.1 Å². The molecule has 1 N–H and O–H groups in total. The summed E-state index contributed by atoms with van der Waals surface area (Å²) in [7, 11) is 0. The number of carbonyl (C=O) groups is 1. The molecule has 1 aromatic carbocycles. The van der Waals surface area contributed by atoms with Crippen LogP contribution in [0.3, 0.4) is 0 Å². The first-order valence-corrected chi connectivity index (χ1v) is 8.24. The Morgan fingerprint density at radius 1 is 1.20 bits per heavy atom. The van der Waals surface area contributed by atoms with Crippen molar-refractivity contribution in [3.63, 3.8) is 0 Å². The number of carbonyl (C=O) groups excluding carboxylic acids is 1. The van der Waals surface area contributed by atoms with Gasteiger partial charge in [0, 0.05) is 23.5 Å². The van der Waals surface area contributed by atoms with E-state index in [9.17, 15) is 9.18 Å². The molecule has 2 aliphatic rings. The highest BCUT2D eigenvalue weighted by molar-refractivity contribution is 8.01. The van der Waals surface area contributed by atoms with E-state index < -0.39 is 0 Å². The van der Waals surface area contributed by atoms with Gasteiger partial charge in [-0.3, -0.25) is 4.79 Å². The molecule has 20 heavy (non-hydrogen) atoms. The lowest BCUT2D eigenvalue weighted by Crippen LogP contribution is -2.10. The zero-order valence-electron chi connectivity index (χ0n) is 10.7. The molecule has 0 saturated heterocycles. The average molecular weight is 305 g/mol. The van der Waals surface area contributed by atoms with Gasteiger partial charge in [0.25, 0.3) is 0 Å². The third kappa shape index (κ3) is 1.88. The molecule has 0 saturated carbocycles. The van der Waals surface area contributed by atoms with Crippen LogP contribution in [-0.2, 0) is 13.0 Å². The van der Waals surface area contributed by atoms with Crippen molar-refractivity contribution in [1.29, 1.82) is 0 Å². The fourth-order valence-corrected chi connectivity index (χ4v) is 5.47. The molecular weight excluding hydrogens is 293 g/mol.